The number of nitrogens with one attached hydrogen (secondary N) is 1. The maximum absolute atomic E-state index is 11.5. The third-order valence-electron chi connectivity index (χ3n) is 3.11. The summed E-state index contributed by atoms with van der Waals surface area (Å²) in [5.41, 5.74) is 0.0330. The van der Waals surface area contributed by atoms with Gasteiger partial charge in [-0.15, -0.1) is 0 Å². The predicted molar refractivity (Wildman–Crippen MR) is 51.1 cm³/mol. The smallest absolute Gasteiger partial charge is 0.224 e. The maximum atomic E-state index is 11.5. The standard InChI is InChI=1S/C10H18N2O/c1-8(2)7-10-4-3-9(13)12(10)6-5-11-10/h8,11H,3-7H2,1-2H3. The van der Waals surface area contributed by atoms with Crippen molar-refractivity contribution >= 4 is 5.91 Å². The highest BCUT2D eigenvalue weighted by atomic mass is 16.2. The van der Waals surface area contributed by atoms with Crippen LogP contribution in [0.2, 0.25) is 0 Å². The number of hydrogen-bond acceptors (Lipinski definition) is 2. The van der Waals surface area contributed by atoms with E-state index in [1.807, 2.05) is 4.90 Å². The minimum absolute atomic E-state index is 0.0330. The summed E-state index contributed by atoms with van der Waals surface area (Å²) in [4.78, 5) is 13.6. The fraction of sp³-hybridized carbons (Fsp3) is 0.900. The van der Waals surface area contributed by atoms with E-state index in [0.717, 1.165) is 32.4 Å². The van der Waals surface area contributed by atoms with Crippen molar-refractivity contribution < 1.29 is 4.79 Å². The lowest BCUT2D eigenvalue weighted by molar-refractivity contribution is -0.130. The van der Waals surface area contributed by atoms with Crippen molar-refractivity contribution in [2.24, 2.45) is 5.92 Å². The van der Waals surface area contributed by atoms with Crippen LogP contribution in [0.3, 0.4) is 0 Å². The van der Waals surface area contributed by atoms with Gasteiger partial charge in [-0.25, -0.2) is 0 Å². The third kappa shape index (κ3) is 1.35. The van der Waals surface area contributed by atoms with Crippen LogP contribution in [0.25, 0.3) is 0 Å². The summed E-state index contributed by atoms with van der Waals surface area (Å²) in [7, 11) is 0. The minimum Gasteiger partial charge on any atom is -0.323 e. The van der Waals surface area contributed by atoms with Crippen molar-refractivity contribution in [2.75, 3.05) is 13.1 Å². The van der Waals surface area contributed by atoms with Crippen molar-refractivity contribution in [3.63, 3.8) is 0 Å². The monoisotopic (exact) mass is 182 g/mol. The molecule has 1 amide bonds. The molecule has 2 aliphatic rings. The van der Waals surface area contributed by atoms with Crippen molar-refractivity contribution in [3.8, 4) is 0 Å². The van der Waals surface area contributed by atoms with Gasteiger partial charge in [0.05, 0.1) is 5.66 Å². The summed E-state index contributed by atoms with van der Waals surface area (Å²) in [6, 6.07) is 0. The van der Waals surface area contributed by atoms with E-state index < -0.39 is 0 Å². The zero-order valence-corrected chi connectivity index (χ0v) is 8.47. The molecule has 2 rings (SSSR count). The molecule has 0 radical (unpaired) electrons. The van der Waals surface area contributed by atoms with E-state index in [-0.39, 0.29) is 5.66 Å². The molecule has 74 valence electrons. The van der Waals surface area contributed by atoms with Crippen molar-refractivity contribution in [2.45, 2.75) is 38.8 Å². The first-order valence-electron chi connectivity index (χ1n) is 5.19. The molecule has 3 nitrogen and oxygen atoms in total. The van der Waals surface area contributed by atoms with Crippen LogP contribution < -0.4 is 5.32 Å². The summed E-state index contributed by atoms with van der Waals surface area (Å²) in [5, 5.41) is 3.50. The van der Waals surface area contributed by atoms with E-state index >= 15 is 0 Å². The Balaban J connectivity index is 2.15. The molecule has 0 spiro atoms. The van der Waals surface area contributed by atoms with Gasteiger partial charge >= 0.3 is 0 Å². The Morgan fingerprint density at radius 1 is 1.62 bits per heavy atom. The number of carbonyl (C=O) groups excluding carboxylic acids is 1. The molecule has 0 bridgehead atoms. The SMILES string of the molecule is CC(C)CC12CCC(=O)N1CCN2. The van der Waals surface area contributed by atoms with Gasteiger partial charge < -0.3 is 4.90 Å². The normalized spacial score (nSPS) is 33.2. The average Bonchev–Trinajstić information content (AvgIpc) is 2.52. The molecule has 0 saturated carbocycles. The Labute approximate surface area is 79.5 Å². The van der Waals surface area contributed by atoms with Gasteiger partial charge in [-0.05, 0) is 18.8 Å². The highest BCUT2D eigenvalue weighted by molar-refractivity contribution is 5.80. The second-order valence-electron chi connectivity index (χ2n) is 4.60. The summed E-state index contributed by atoms with van der Waals surface area (Å²) < 4.78 is 0. The van der Waals surface area contributed by atoms with Crippen molar-refractivity contribution in [1.82, 2.24) is 10.2 Å². The first-order valence-corrected chi connectivity index (χ1v) is 5.19. The van der Waals surface area contributed by atoms with Crippen LogP contribution in [0.15, 0.2) is 0 Å². The van der Waals surface area contributed by atoms with E-state index in [1.165, 1.54) is 0 Å². The van der Waals surface area contributed by atoms with Gasteiger partial charge in [-0.3, -0.25) is 10.1 Å². The Kier molecular flexibility index (Phi) is 2.06. The largest absolute Gasteiger partial charge is 0.323 e. The Morgan fingerprint density at radius 3 is 3.08 bits per heavy atom. The molecule has 2 heterocycles. The number of amides is 1. The van der Waals surface area contributed by atoms with Gasteiger partial charge in [0.15, 0.2) is 0 Å². The summed E-state index contributed by atoms with van der Waals surface area (Å²) in [5.74, 6) is 0.990. The lowest BCUT2D eigenvalue weighted by atomic mass is 9.96. The molecule has 1 unspecified atom stereocenters. The van der Waals surface area contributed by atoms with Crippen LogP contribution in [-0.4, -0.2) is 29.6 Å². The van der Waals surface area contributed by atoms with Gasteiger partial charge in [0, 0.05) is 19.5 Å². The molecule has 2 saturated heterocycles. The van der Waals surface area contributed by atoms with Crippen molar-refractivity contribution in [1.29, 1.82) is 0 Å². The second-order valence-corrected chi connectivity index (χ2v) is 4.60. The number of fused-ring (bicyclic) bond motifs is 1. The molecule has 1 atom stereocenters. The first-order chi connectivity index (χ1) is 6.14. The van der Waals surface area contributed by atoms with Crippen LogP contribution in [0, 0.1) is 5.92 Å². The topological polar surface area (TPSA) is 32.3 Å². The summed E-state index contributed by atoms with van der Waals surface area (Å²) >= 11 is 0. The molecule has 2 aliphatic heterocycles. The van der Waals surface area contributed by atoms with Crippen LogP contribution in [0.1, 0.15) is 33.1 Å². The number of hydrogen-bond donors (Lipinski definition) is 1. The summed E-state index contributed by atoms with van der Waals surface area (Å²) in [6.45, 7) is 6.31. The van der Waals surface area contributed by atoms with Crippen LogP contribution in [0.5, 0.6) is 0 Å². The highest BCUT2D eigenvalue weighted by Crippen LogP contribution is 2.35. The average molecular weight is 182 g/mol. The van der Waals surface area contributed by atoms with Gasteiger partial charge in [-0.2, -0.15) is 0 Å². The molecule has 0 aromatic rings. The number of rotatable bonds is 2. The molecule has 13 heavy (non-hydrogen) atoms. The van der Waals surface area contributed by atoms with Gasteiger partial charge in [0.25, 0.3) is 0 Å². The fourth-order valence-corrected chi connectivity index (χ4v) is 2.71. The van der Waals surface area contributed by atoms with Crippen LogP contribution >= 0.6 is 0 Å². The number of carbonyl (C=O) groups is 1. The maximum Gasteiger partial charge on any atom is 0.224 e. The Morgan fingerprint density at radius 2 is 2.38 bits per heavy atom. The zero-order valence-electron chi connectivity index (χ0n) is 8.47. The first kappa shape index (κ1) is 9.00. The van der Waals surface area contributed by atoms with Crippen LogP contribution in [0.4, 0.5) is 0 Å². The zero-order chi connectivity index (χ0) is 9.47. The van der Waals surface area contributed by atoms with E-state index in [1.54, 1.807) is 0 Å². The quantitative estimate of drug-likeness (QED) is 0.689. The van der Waals surface area contributed by atoms with Crippen molar-refractivity contribution in [3.05, 3.63) is 0 Å². The lowest BCUT2D eigenvalue weighted by Gasteiger charge is -2.33. The Bertz CT molecular complexity index is 227. The van der Waals surface area contributed by atoms with Gasteiger partial charge in [0.2, 0.25) is 5.91 Å². The molecule has 1 N–H and O–H groups in total. The molecular formula is C10H18N2O. The molecule has 0 aromatic carbocycles. The number of nitrogens with zero attached hydrogens (tertiary/aromatic N) is 1. The minimum atomic E-state index is 0.0330. The molecule has 3 heteroatoms. The lowest BCUT2D eigenvalue weighted by Crippen LogP contribution is -2.49. The highest BCUT2D eigenvalue weighted by Gasteiger charge is 2.47. The van der Waals surface area contributed by atoms with Gasteiger partial charge in [-0.1, -0.05) is 13.8 Å². The third-order valence-corrected chi connectivity index (χ3v) is 3.11. The molecular weight excluding hydrogens is 164 g/mol. The van der Waals surface area contributed by atoms with Crippen LogP contribution in [-0.2, 0) is 4.79 Å². The second kappa shape index (κ2) is 2.98. The molecule has 0 aliphatic carbocycles. The molecule has 0 aromatic heterocycles. The van der Waals surface area contributed by atoms with E-state index in [0.29, 0.717) is 11.8 Å². The van der Waals surface area contributed by atoms with E-state index in [4.69, 9.17) is 0 Å². The predicted octanol–water partition coefficient (Wildman–Crippen LogP) is 0.954. The molecule has 2 fully saturated rings. The fourth-order valence-electron chi connectivity index (χ4n) is 2.71. The van der Waals surface area contributed by atoms with Gasteiger partial charge in [0.1, 0.15) is 0 Å². The Hall–Kier alpha value is -0.570. The van der Waals surface area contributed by atoms with E-state index in [2.05, 4.69) is 19.2 Å². The summed E-state index contributed by atoms with van der Waals surface area (Å²) in [6.07, 6.45) is 2.84. The van der Waals surface area contributed by atoms with E-state index in [9.17, 15) is 4.79 Å².